The summed E-state index contributed by atoms with van der Waals surface area (Å²) in [6.07, 6.45) is 4.85. The first-order chi connectivity index (χ1) is 10.9. The number of para-hydroxylation sites is 1. The van der Waals surface area contributed by atoms with Crippen molar-refractivity contribution < 1.29 is 4.79 Å². The van der Waals surface area contributed by atoms with Gasteiger partial charge in [0.25, 0.3) is 0 Å². The lowest BCUT2D eigenvalue weighted by Gasteiger charge is -2.33. The molecule has 1 atom stereocenters. The number of aryl methyl sites for hydroxylation is 1. The molecule has 1 aromatic heterocycles. The third-order valence-electron chi connectivity index (χ3n) is 4.03. The van der Waals surface area contributed by atoms with Gasteiger partial charge in [-0.3, -0.25) is 0 Å². The summed E-state index contributed by atoms with van der Waals surface area (Å²) >= 11 is 1.55. The molecule has 3 heterocycles. The van der Waals surface area contributed by atoms with Gasteiger partial charge in [-0.05, 0) is 42.3 Å². The number of pyridine rings is 1. The second-order valence-electron chi connectivity index (χ2n) is 5.38. The van der Waals surface area contributed by atoms with Gasteiger partial charge < -0.3 is 9.69 Å². The number of thioether (sulfide) groups is 1. The number of anilines is 1. The van der Waals surface area contributed by atoms with Crippen LogP contribution in [-0.4, -0.2) is 23.0 Å². The quantitative estimate of drug-likeness (QED) is 0.759. The molecule has 0 aliphatic carbocycles. The molecule has 22 heavy (non-hydrogen) atoms. The zero-order valence-corrected chi connectivity index (χ0v) is 12.8. The van der Waals surface area contributed by atoms with Crippen LogP contribution in [0.2, 0.25) is 0 Å². The molecule has 2 aromatic rings. The highest BCUT2D eigenvalue weighted by Gasteiger charge is 2.28. The van der Waals surface area contributed by atoms with Gasteiger partial charge in [0.1, 0.15) is 17.4 Å². The Bertz CT molecular complexity index is 759. The Morgan fingerprint density at radius 2 is 2.14 bits per heavy atom. The van der Waals surface area contributed by atoms with Crippen LogP contribution < -0.4 is 4.90 Å². The topological polar surface area (TPSA) is 45.6 Å². The number of aldehydes is 1. The van der Waals surface area contributed by atoms with E-state index in [4.69, 9.17) is 0 Å². The number of nitrogens with zero attached hydrogens (tertiary/aromatic N) is 3. The summed E-state index contributed by atoms with van der Waals surface area (Å²) in [5.74, 6) is 0. The molecule has 1 unspecified atom stereocenters. The predicted octanol–water partition coefficient (Wildman–Crippen LogP) is 3.24. The molecule has 0 saturated heterocycles. The van der Waals surface area contributed by atoms with E-state index in [1.165, 1.54) is 11.3 Å². The molecule has 4 nitrogen and oxygen atoms in total. The number of carbonyl (C=O) groups is 1. The second kappa shape index (κ2) is 5.57. The third kappa shape index (κ3) is 2.22. The Morgan fingerprint density at radius 3 is 3.05 bits per heavy atom. The van der Waals surface area contributed by atoms with Crippen LogP contribution in [-0.2, 0) is 11.2 Å². The summed E-state index contributed by atoms with van der Waals surface area (Å²) in [7, 11) is 0. The Morgan fingerprint density at radius 1 is 1.23 bits per heavy atom. The van der Waals surface area contributed by atoms with E-state index in [0.29, 0.717) is 0 Å². The molecule has 2 aliphatic heterocycles. The molecule has 110 valence electrons. The lowest BCUT2D eigenvalue weighted by Crippen LogP contribution is -2.35. The zero-order valence-electron chi connectivity index (χ0n) is 12.0. The molecule has 2 aliphatic rings. The van der Waals surface area contributed by atoms with Crippen LogP contribution in [0.4, 0.5) is 5.69 Å². The first kappa shape index (κ1) is 13.5. The number of aromatic nitrogens is 1. The van der Waals surface area contributed by atoms with Gasteiger partial charge in [-0.25, -0.2) is 9.98 Å². The number of fused-ring (bicyclic) bond motifs is 2. The van der Waals surface area contributed by atoms with Crippen molar-refractivity contribution in [3.63, 3.8) is 0 Å². The second-order valence-corrected chi connectivity index (χ2v) is 6.33. The zero-order chi connectivity index (χ0) is 14.9. The highest BCUT2D eigenvalue weighted by molar-refractivity contribution is 8.14. The molecule has 0 radical (unpaired) electrons. The van der Waals surface area contributed by atoms with Crippen LogP contribution in [0.5, 0.6) is 0 Å². The van der Waals surface area contributed by atoms with Gasteiger partial charge in [-0.15, -0.1) is 0 Å². The summed E-state index contributed by atoms with van der Waals surface area (Å²) in [6.45, 7) is 0.927. The summed E-state index contributed by atoms with van der Waals surface area (Å²) in [4.78, 5) is 22.7. The molecule has 0 bridgehead atoms. The lowest BCUT2D eigenvalue weighted by molar-refractivity contribution is -0.109. The van der Waals surface area contributed by atoms with Crippen LogP contribution in [0.3, 0.4) is 0 Å². The molecule has 1 aromatic carbocycles. The number of benzene rings is 1. The third-order valence-corrected chi connectivity index (χ3v) is 5.07. The molecule has 0 saturated carbocycles. The van der Waals surface area contributed by atoms with E-state index in [1.54, 1.807) is 18.0 Å². The number of amidine groups is 1. The Balaban J connectivity index is 1.76. The van der Waals surface area contributed by atoms with E-state index in [1.807, 2.05) is 12.1 Å². The number of hydrogen-bond acceptors (Lipinski definition) is 5. The van der Waals surface area contributed by atoms with Gasteiger partial charge in [0.15, 0.2) is 5.17 Å². The Kier molecular flexibility index (Phi) is 3.42. The molecule has 0 fully saturated rings. The van der Waals surface area contributed by atoms with E-state index >= 15 is 0 Å². The fourth-order valence-electron chi connectivity index (χ4n) is 2.98. The summed E-state index contributed by atoms with van der Waals surface area (Å²) in [6, 6.07) is 11.7. The van der Waals surface area contributed by atoms with Gasteiger partial charge in [0.2, 0.25) is 0 Å². The summed E-state index contributed by atoms with van der Waals surface area (Å²) in [5, 5.41) is 1.75. The van der Waals surface area contributed by atoms with Crippen LogP contribution >= 0.6 is 11.8 Å². The van der Waals surface area contributed by atoms with Crippen molar-refractivity contribution in [3.8, 4) is 0 Å². The molecule has 0 N–H and O–H groups in total. The van der Waals surface area contributed by atoms with E-state index in [-0.39, 0.29) is 0 Å². The van der Waals surface area contributed by atoms with Crippen molar-refractivity contribution in [1.29, 1.82) is 0 Å². The van der Waals surface area contributed by atoms with Gasteiger partial charge >= 0.3 is 0 Å². The number of rotatable bonds is 1. The fourth-order valence-corrected chi connectivity index (χ4v) is 4.04. The highest BCUT2D eigenvalue weighted by Crippen LogP contribution is 2.38. The summed E-state index contributed by atoms with van der Waals surface area (Å²) < 4.78 is 0. The fraction of sp³-hybridized carbons (Fsp3) is 0.235. The van der Waals surface area contributed by atoms with E-state index in [0.717, 1.165) is 41.4 Å². The minimum Gasteiger partial charge on any atom is -0.321 e. The Labute approximate surface area is 133 Å². The molecular formula is C17H15N3OS. The van der Waals surface area contributed by atoms with Crippen molar-refractivity contribution in [2.45, 2.75) is 23.9 Å². The molecule has 4 rings (SSSR count). The van der Waals surface area contributed by atoms with Crippen molar-refractivity contribution >= 4 is 28.9 Å². The standard InChI is InChI=1S/C17H15N3OS/c21-11-14-13-7-3-9-18-16(13)22-17(19-14)20-10-4-6-12-5-1-2-8-15(12)20/h1-3,5,7-9,11,14H,4,6,10H2. The van der Waals surface area contributed by atoms with E-state index in [2.05, 4.69) is 39.1 Å². The van der Waals surface area contributed by atoms with Crippen molar-refractivity contribution in [2.24, 2.45) is 4.99 Å². The Hall–Kier alpha value is -2.14. The molecule has 5 heteroatoms. The summed E-state index contributed by atoms with van der Waals surface area (Å²) in [5.41, 5.74) is 3.44. The normalized spacial score (nSPS) is 19.9. The smallest absolute Gasteiger partial charge is 0.171 e. The van der Waals surface area contributed by atoms with Gasteiger partial charge in [0, 0.05) is 24.0 Å². The van der Waals surface area contributed by atoms with Crippen molar-refractivity contribution in [1.82, 2.24) is 4.98 Å². The largest absolute Gasteiger partial charge is 0.321 e. The average molecular weight is 309 g/mol. The van der Waals surface area contributed by atoms with Crippen molar-refractivity contribution in [2.75, 3.05) is 11.4 Å². The van der Waals surface area contributed by atoms with Crippen LogP contribution in [0.1, 0.15) is 23.6 Å². The monoisotopic (exact) mass is 309 g/mol. The maximum Gasteiger partial charge on any atom is 0.171 e. The lowest BCUT2D eigenvalue weighted by atomic mass is 10.0. The average Bonchev–Trinajstić information content (AvgIpc) is 2.60. The van der Waals surface area contributed by atoms with Crippen LogP contribution in [0, 0.1) is 0 Å². The minimum atomic E-state index is -0.450. The number of hydrogen-bond donors (Lipinski definition) is 0. The van der Waals surface area contributed by atoms with E-state index in [9.17, 15) is 4.79 Å². The van der Waals surface area contributed by atoms with Gasteiger partial charge in [-0.1, -0.05) is 24.3 Å². The molecular weight excluding hydrogens is 294 g/mol. The molecule has 0 amide bonds. The SMILES string of the molecule is O=CC1N=C(N2CCCc3ccccc32)Sc2ncccc21. The molecule has 0 spiro atoms. The highest BCUT2D eigenvalue weighted by atomic mass is 32.2. The maximum absolute atomic E-state index is 11.4. The van der Waals surface area contributed by atoms with Gasteiger partial charge in [-0.2, -0.15) is 0 Å². The van der Waals surface area contributed by atoms with Crippen LogP contribution in [0.25, 0.3) is 0 Å². The minimum absolute atomic E-state index is 0.450. The van der Waals surface area contributed by atoms with Crippen LogP contribution in [0.15, 0.2) is 52.6 Å². The van der Waals surface area contributed by atoms with Crippen molar-refractivity contribution in [3.05, 3.63) is 53.7 Å². The first-order valence-electron chi connectivity index (χ1n) is 7.38. The number of carbonyl (C=O) groups excluding carboxylic acids is 1. The van der Waals surface area contributed by atoms with E-state index < -0.39 is 6.04 Å². The number of aliphatic imine (C=N–C) groups is 1. The van der Waals surface area contributed by atoms with Gasteiger partial charge in [0.05, 0.1) is 0 Å². The predicted molar refractivity (Wildman–Crippen MR) is 88.4 cm³/mol. The maximum atomic E-state index is 11.4. The first-order valence-corrected chi connectivity index (χ1v) is 8.20.